The molecular formula is C15H30N2S. The van der Waals surface area contributed by atoms with Gasteiger partial charge in [0.25, 0.3) is 0 Å². The van der Waals surface area contributed by atoms with Crippen LogP contribution >= 0.6 is 11.8 Å². The molecule has 1 saturated carbocycles. The summed E-state index contributed by atoms with van der Waals surface area (Å²) in [4.78, 5) is 2.59. The van der Waals surface area contributed by atoms with Gasteiger partial charge in [-0.2, -0.15) is 11.8 Å². The maximum absolute atomic E-state index is 3.96. The number of nitrogens with one attached hydrogen (secondary N) is 1. The summed E-state index contributed by atoms with van der Waals surface area (Å²) >= 11 is 2.16. The molecule has 1 aliphatic heterocycles. The average Bonchev–Trinajstić information content (AvgIpc) is 2.80. The summed E-state index contributed by atoms with van der Waals surface area (Å²) in [6.45, 7) is 10.8. The van der Waals surface area contributed by atoms with Gasteiger partial charge in [0.15, 0.2) is 0 Å². The monoisotopic (exact) mass is 270 g/mol. The highest BCUT2D eigenvalue weighted by Crippen LogP contribution is 2.31. The van der Waals surface area contributed by atoms with E-state index in [0.717, 1.165) is 23.3 Å². The van der Waals surface area contributed by atoms with Crippen molar-refractivity contribution in [1.29, 1.82) is 0 Å². The number of nitrogens with zero attached hydrogens (tertiary/aromatic N) is 1. The van der Waals surface area contributed by atoms with Crippen LogP contribution in [0.25, 0.3) is 0 Å². The van der Waals surface area contributed by atoms with Crippen LogP contribution in [-0.2, 0) is 0 Å². The fourth-order valence-electron chi connectivity index (χ4n) is 3.55. The summed E-state index contributed by atoms with van der Waals surface area (Å²) < 4.78 is 0. The molecule has 2 fully saturated rings. The van der Waals surface area contributed by atoms with Crippen molar-refractivity contribution in [1.82, 2.24) is 10.2 Å². The summed E-state index contributed by atoms with van der Waals surface area (Å²) in [5.74, 6) is 2.10. The largest absolute Gasteiger partial charge is 0.311 e. The molecule has 0 bridgehead atoms. The van der Waals surface area contributed by atoms with Crippen LogP contribution in [0.15, 0.2) is 0 Å². The van der Waals surface area contributed by atoms with Crippen LogP contribution in [0, 0.1) is 5.92 Å². The second-order valence-electron chi connectivity index (χ2n) is 6.02. The molecule has 0 unspecified atom stereocenters. The molecule has 0 aromatic heterocycles. The summed E-state index contributed by atoms with van der Waals surface area (Å²) in [7, 11) is 0. The Balaban J connectivity index is 1.73. The van der Waals surface area contributed by atoms with Gasteiger partial charge < -0.3 is 10.2 Å². The van der Waals surface area contributed by atoms with E-state index in [1.54, 1.807) is 0 Å². The fraction of sp³-hybridized carbons (Fsp3) is 1.00. The lowest BCUT2D eigenvalue weighted by Gasteiger charge is -2.38. The minimum absolute atomic E-state index is 0.767. The van der Waals surface area contributed by atoms with Crippen LogP contribution in [0.3, 0.4) is 0 Å². The van der Waals surface area contributed by atoms with Gasteiger partial charge in [-0.3, -0.25) is 0 Å². The van der Waals surface area contributed by atoms with E-state index in [-0.39, 0.29) is 0 Å². The fourth-order valence-corrected chi connectivity index (χ4v) is 4.69. The van der Waals surface area contributed by atoms with Crippen molar-refractivity contribution in [3.8, 4) is 0 Å². The second kappa shape index (κ2) is 7.16. The van der Waals surface area contributed by atoms with E-state index < -0.39 is 0 Å². The van der Waals surface area contributed by atoms with Crippen molar-refractivity contribution in [3.05, 3.63) is 0 Å². The van der Waals surface area contributed by atoms with Crippen molar-refractivity contribution in [2.45, 2.75) is 63.8 Å². The van der Waals surface area contributed by atoms with E-state index in [1.165, 1.54) is 51.1 Å². The third kappa shape index (κ3) is 3.88. The van der Waals surface area contributed by atoms with Gasteiger partial charge in [-0.1, -0.05) is 20.8 Å². The molecule has 0 amide bonds. The van der Waals surface area contributed by atoms with Crippen LogP contribution in [0.2, 0.25) is 0 Å². The molecule has 0 aromatic rings. The zero-order valence-corrected chi connectivity index (χ0v) is 13.1. The van der Waals surface area contributed by atoms with E-state index in [4.69, 9.17) is 0 Å². The molecule has 1 N–H and O–H groups in total. The van der Waals surface area contributed by atoms with Gasteiger partial charge in [-0.25, -0.2) is 0 Å². The number of thioether (sulfide) groups is 1. The Kier molecular flexibility index (Phi) is 5.84. The first-order valence-electron chi connectivity index (χ1n) is 7.82. The first-order valence-corrected chi connectivity index (χ1v) is 8.87. The van der Waals surface area contributed by atoms with Gasteiger partial charge in [-0.05, 0) is 50.4 Å². The van der Waals surface area contributed by atoms with Crippen molar-refractivity contribution in [3.63, 3.8) is 0 Å². The van der Waals surface area contributed by atoms with Crippen LogP contribution in [-0.4, -0.2) is 47.6 Å². The Labute approximate surface area is 117 Å². The minimum Gasteiger partial charge on any atom is -0.311 e. The molecule has 2 aliphatic rings. The highest BCUT2D eigenvalue weighted by atomic mass is 32.2. The number of piperidine rings is 1. The number of hydrogen-bond donors (Lipinski definition) is 1. The summed E-state index contributed by atoms with van der Waals surface area (Å²) in [5, 5.41) is 4.89. The van der Waals surface area contributed by atoms with Crippen LogP contribution in [0.1, 0.15) is 46.5 Å². The molecule has 18 heavy (non-hydrogen) atoms. The lowest BCUT2D eigenvalue weighted by molar-refractivity contribution is 0.146. The highest BCUT2D eigenvalue weighted by molar-refractivity contribution is 7.99. The molecule has 0 radical (unpaired) electrons. The van der Waals surface area contributed by atoms with Gasteiger partial charge in [0.1, 0.15) is 0 Å². The zero-order valence-electron chi connectivity index (χ0n) is 12.3. The first-order chi connectivity index (χ1) is 8.72. The third-order valence-electron chi connectivity index (χ3n) is 4.67. The van der Waals surface area contributed by atoms with Crippen molar-refractivity contribution >= 4 is 11.8 Å². The highest BCUT2D eigenvalue weighted by Gasteiger charge is 2.30. The molecule has 1 saturated heterocycles. The Hall–Kier alpha value is 0.270. The predicted octanol–water partition coefficient (Wildman–Crippen LogP) is 2.98. The van der Waals surface area contributed by atoms with Gasteiger partial charge in [-0.15, -0.1) is 0 Å². The molecule has 1 aliphatic carbocycles. The van der Waals surface area contributed by atoms with Gasteiger partial charge in [0, 0.05) is 23.9 Å². The minimum atomic E-state index is 0.767. The normalized spacial score (nSPS) is 38.2. The molecule has 106 valence electrons. The smallest absolute Gasteiger partial charge is 0.0120 e. The predicted molar refractivity (Wildman–Crippen MR) is 82.4 cm³/mol. The van der Waals surface area contributed by atoms with E-state index >= 15 is 0 Å². The summed E-state index contributed by atoms with van der Waals surface area (Å²) in [6.07, 6.45) is 5.58. The molecule has 0 spiro atoms. The van der Waals surface area contributed by atoms with Crippen LogP contribution in [0.4, 0.5) is 0 Å². The summed E-state index contributed by atoms with van der Waals surface area (Å²) in [6, 6.07) is 1.57. The second-order valence-corrected chi connectivity index (χ2v) is 7.60. The molecule has 3 heteroatoms. The average molecular weight is 270 g/mol. The topological polar surface area (TPSA) is 15.3 Å². The van der Waals surface area contributed by atoms with E-state index in [0.29, 0.717) is 0 Å². The lowest BCUT2D eigenvalue weighted by atomic mass is 9.93. The molecule has 0 aromatic carbocycles. The van der Waals surface area contributed by atoms with Gasteiger partial charge in [0.2, 0.25) is 0 Å². The molecule has 2 nitrogen and oxygen atoms in total. The van der Waals surface area contributed by atoms with Crippen molar-refractivity contribution in [2.24, 2.45) is 5.92 Å². The quantitative estimate of drug-likeness (QED) is 0.827. The number of rotatable bonds is 5. The Morgan fingerprint density at radius 2 is 2.06 bits per heavy atom. The SMILES string of the molecule is CCS[C@@H]1CC[C@H](N[C@@H]2CCN(CC)C[C@H]2C)C1. The Bertz CT molecular complexity index is 247. The van der Waals surface area contributed by atoms with Crippen LogP contribution < -0.4 is 5.32 Å². The zero-order chi connectivity index (χ0) is 13.0. The summed E-state index contributed by atoms with van der Waals surface area (Å²) in [5.41, 5.74) is 0. The lowest BCUT2D eigenvalue weighted by Crippen LogP contribution is -2.50. The first kappa shape index (κ1) is 14.7. The molecular weight excluding hydrogens is 240 g/mol. The Morgan fingerprint density at radius 3 is 2.72 bits per heavy atom. The van der Waals surface area contributed by atoms with E-state index in [9.17, 15) is 0 Å². The van der Waals surface area contributed by atoms with E-state index in [1.807, 2.05) is 0 Å². The maximum atomic E-state index is 3.96. The maximum Gasteiger partial charge on any atom is 0.0120 e. The standard InChI is InChI=1S/C15H30N2S/c1-4-17-9-8-15(12(3)11-17)16-13-6-7-14(10-13)18-5-2/h12-16H,4-11H2,1-3H3/t12-,13+,14-,15-/m1/s1. The van der Waals surface area contributed by atoms with Gasteiger partial charge >= 0.3 is 0 Å². The number of likely N-dealkylation sites (tertiary alicyclic amines) is 1. The number of hydrogen-bond acceptors (Lipinski definition) is 3. The van der Waals surface area contributed by atoms with Crippen molar-refractivity contribution in [2.75, 3.05) is 25.4 Å². The third-order valence-corrected chi connectivity index (χ3v) is 5.91. The van der Waals surface area contributed by atoms with E-state index in [2.05, 4.69) is 42.7 Å². The molecule has 4 atom stereocenters. The molecule has 1 heterocycles. The van der Waals surface area contributed by atoms with Gasteiger partial charge in [0.05, 0.1) is 0 Å². The molecule has 2 rings (SSSR count). The van der Waals surface area contributed by atoms with Crippen molar-refractivity contribution < 1.29 is 0 Å². The Morgan fingerprint density at radius 1 is 1.22 bits per heavy atom. The van der Waals surface area contributed by atoms with Crippen LogP contribution in [0.5, 0.6) is 0 Å².